The molecule has 152 valence electrons. The molecule has 3 rings (SSSR count). The maximum atomic E-state index is 10.8. The Labute approximate surface area is 182 Å². The summed E-state index contributed by atoms with van der Waals surface area (Å²) in [7, 11) is 0. The molecule has 3 N–H and O–H groups in total. The van der Waals surface area contributed by atoms with Crippen molar-refractivity contribution in [2.45, 2.75) is 38.6 Å². The highest BCUT2D eigenvalue weighted by molar-refractivity contribution is 5.66. The molecule has 5 nitrogen and oxygen atoms in total. The van der Waals surface area contributed by atoms with Crippen molar-refractivity contribution >= 4 is 11.8 Å². The van der Waals surface area contributed by atoms with Crippen LogP contribution in [0, 0.1) is 0 Å². The smallest absolute Gasteiger partial charge is 0.303 e. The van der Waals surface area contributed by atoms with Crippen LogP contribution in [0.15, 0.2) is 66.7 Å². The van der Waals surface area contributed by atoms with Crippen molar-refractivity contribution < 1.29 is 31.6 Å². The van der Waals surface area contributed by atoms with Gasteiger partial charge in [0.15, 0.2) is 0 Å². The van der Waals surface area contributed by atoms with Crippen molar-refractivity contribution in [3.63, 3.8) is 0 Å². The summed E-state index contributed by atoms with van der Waals surface area (Å²) in [4.78, 5) is 10.8. The van der Waals surface area contributed by atoms with E-state index in [-0.39, 0.29) is 23.4 Å². The van der Waals surface area contributed by atoms with Crippen LogP contribution in [0.25, 0.3) is 11.3 Å². The Morgan fingerprint density at radius 2 is 1.62 bits per heavy atom. The molecule has 3 aromatic rings. The molecule has 0 aliphatic heterocycles. The van der Waals surface area contributed by atoms with Gasteiger partial charge in [-0.1, -0.05) is 65.8 Å². The second-order valence-electron chi connectivity index (χ2n) is 6.87. The lowest BCUT2D eigenvalue weighted by Gasteiger charge is -2.10. The number of aromatic nitrogens is 2. The van der Waals surface area contributed by atoms with Crippen molar-refractivity contribution in [3.05, 3.63) is 77.9 Å². The van der Waals surface area contributed by atoms with Crippen LogP contribution in [-0.4, -0.2) is 16.2 Å². The van der Waals surface area contributed by atoms with E-state index in [0.29, 0.717) is 18.8 Å². The van der Waals surface area contributed by atoms with E-state index in [4.69, 9.17) is 10.8 Å². The molecule has 29 heavy (non-hydrogen) atoms. The fourth-order valence-electron chi connectivity index (χ4n) is 3.25. The van der Waals surface area contributed by atoms with Gasteiger partial charge in [0, 0.05) is 17.5 Å². The van der Waals surface area contributed by atoms with Gasteiger partial charge in [-0.2, -0.15) is 0 Å². The minimum atomic E-state index is -0.804. The van der Waals surface area contributed by atoms with Gasteiger partial charge in [0.2, 0.25) is 0 Å². The van der Waals surface area contributed by atoms with Crippen molar-refractivity contribution in [2.75, 3.05) is 5.73 Å². The highest BCUT2D eigenvalue weighted by Gasteiger charge is 2.16. The molecule has 0 saturated heterocycles. The average Bonchev–Trinajstić information content (AvgIpc) is 2.71. The van der Waals surface area contributed by atoms with E-state index in [1.54, 1.807) is 4.68 Å². The molecular weight excluding hydrogens is 430 g/mol. The highest BCUT2D eigenvalue weighted by Crippen LogP contribution is 2.20. The topological polar surface area (TPSA) is 80.1 Å². The molecule has 0 spiro atoms. The molecule has 0 unspecified atom stereocenters. The Kier molecular flexibility index (Phi) is 8.80. The second-order valence-corrected chi connectivity index (χ2v) is 6.87. The number of benzene rings is 2. The predicted molar refractivity (Wildman–Crippen MR) is 110 cm³/mol. The molecule has 2 aromatic carbocycles. The molecule has 0 atom stereocenters. The minimum Gasteiger partial charge on any atom is -1.00 e. The lowest BCUT2D eigenvalue weighted by Crippen LogP contribution is -3.00. The van der Waals surface area contributed by atoms with Gasteiger partial charge in [-0.3, -0.25) is 10.5 Å². The Morgan fingerprint density at radius 3 is 2.28 bits per heavy atom. The molecule has 1 aromatic heterocycles. The molecule has 1 heterocycles. The number of halogens is 1. The summed E-state index contributed by atoms with van der Waals surface area (Å²) < 4.78 is 1.75. The number of nitrogen functional groups attached to an aromatic ring is 1. The number of hydrogen-bond donors (Lipinski definition) is 2. The van der Waals surface area contributed by atoms with Crippen LogP contribution in [0.5, 0.6) is 0 Å². The Morgan fingerprint density at radius 1 is 0.966 bits per heavy atom. The van der Waals surface area contributed by atoms with E-state index in [1.807, 2.05) is 36.4 Å². The lowest BCUT2D eigenvalue weighted by molar-refractivity contribution is -0.740. The first-order valence-corrected chi connectivity index (χ1v) is 9.64. The summed E-state index contributed by atoms with van der Waals surface area (Å²) in [6, 6.07) is 22.5. The summed E-state index contributed by atoms with van der Waals surface area (Å²) in [6.07, 6.45) is 3.43. The van der Waals surface area contributed by atoms with E-state index in [1.165, 1.54) is 5.56 Å². The highest BCUT2D eigenvalue weighted by atomic mass is 79.9. The number of carboxylic acid groups (broad SMARTS) is 1. The zero-order chi connectivity index (χ0) is 19.8. The van der Waals surface area contributed by atoms with Crippen LogP contribution in [0.1, 0.15) is 30.4 Å². The maximum absolute atomic E-state index is 10.8. The Balaban J connectivity index is 0.00000300. The molecule has 0 amide bonds. The van der Waals surface area contributed by atoms with Crippen molar-refractivity contribution in [3.8, 4) is 11.3 Å². The summed E-state index contributed by atoms with van der Waals surface area (Å²) in [5.74, 6) is -0.181. The number of rotatable bonds is 9. The van der Waals surface area contributed by atoms with Gasteiger partial charge in [-0.05, 0) is 37.3 Å². The fourth-order valence-corrected chi connectivity index (χ4v) is 3.25. The van der Waals surface area contributed by atoms with Crippen molar-refractivity contribution in [1.82, 2.24) is 5.10 Å². The van der Waals surface area contributed by atoms with E-state index in [0.717, 1.165) is 36.1 Å². The second kappa shape index (κ2) is 11.3. The minimum absolute atomic E-state index is 0. The van der Waals surface area contributed by atoms with Gasteiger partial charge in [0.25, 0.3) is 5.82 Å². The van der Waals surface area contributed by atoms with E-state index in [2.05, 4.69) is 35.4 Å². The maximum Gasteiger partial charge on any atom is 0.303 e. The summed E-state index contributed by atoms with van der Waals surface area (Å²) in [5.41, 5.74) is 10.6. The molecule has 0 aliphatic rings. The number of nitrogens with zero attached hydrogens (tertiary/aromatic N) is 2. The number of anilines is 1. The van der Waals surface area contributed by atoms with Gasteiger partial charge >= 0.3 is 5.97 Å². The zero-order valence-corrected chi connectivity index (χ0v) is 17.9. The zero-order valence-electron chi connectivity index (χ0n) is 16.3. The molecule has 0 aliphatic carbocycles. The van der Waals surface area contributed by atoms with Gasteiger partial charge < -0.3 is 22.1 Å². The van der Waals surface area contributed by atoms with E-state index in [9.17, 15) is 4.79 Å². The number of hydrogen-bond acceptors (Lipinski definition) is 3. The monoisotopic (exact) mass is 455 g/mol. The third kappa shape index (κ3) is 6.68. The van der Waals surface area contributed by atoms with Crippen LogP contribution in [0.2, 0.25) is 0 Å². The third-order valence-electron chi connectivity index (χ3n) is 4.73. The first kappa shape index (κ1) is 22.6. The van der Waals surface area contributed by atoms with Gasteiger partial charge in [0.05, 0.1) is 0 Å². The van der Waals surface area contributed by atoms with Gasteiger partial charge in [0.1, 0.15) is 12.2 Å². The number of carboxylic acids is 1. The predicted octanol–water partition coefficient (Wildman–Crippen LogP) is 0.662. The molecule has 6 heteroatoms. The molecule has 0 fully saturated rings. The third-order valence-corrected chi connectivity index (χ3v) is 4.73. The first-order chi connectivity index (χ1) is 13.6. The van der Waals surface area contributed by atoms with Crippen LogP contribution < -0.4 is 27.4 Å². The SMILES string of the molecule is Nc1c(CCCc2ccccc2)cc(-c2ccccc2)n[n+]1CCCC(=O)O.[Br-]. The largest absolute Gasteiger partial charge is 1.00 e. The first-order valence-electron chi connectivity index (χ1n) is 9.64. The summed E-state index contributed by atoms with van der Waals surface area (Å²) in [6.45, 7) is 0.491. The fraction of sp³-hybridized carbons (Fsp3) is 0.261. The Hall–Kier alpha value is -2.73. The van der Waals surface area contributed by atoms with Crippen LogP contribution in [0.3, 0.4) is 0 Å². The number of aryl methyl sites for hydroxylation is 3. The Bertz CT molecular complexity index is 918. The summed E-state index contributed by atoms with van der Waals surface area (Å²) >= 11 is 0. The number of nitrogens with two attached hydrogens (primary N) is 1. The van der Waals surface area contributed by atoms with Gasteiger partial charge in [-0.25, -0.2) is 0 Å². The molecule has 0 saturated carbocycles. The van der Waals surface area contributed by atoms with Gasteiger partial charge in [-0.15, -0.1) is 4.68 Å². The van der Waals surface area contributed by atoms with Crippen LogP contribution in [-0.2, 0) is 24.2 Å². The van der Waals surface area contributed by atoms with E-state index >= 15 is 0 Å². The van der Waals surface area contributed by atoms with Crippen LogP contribution >= 0.6 is 0 Å². The van der Waals surface area contributed by atoms with Crippen molar-refractivity contribution in [1.29, 1.82) is 0 Å². The normalized spacial score (nSPS) is 10.3. The molecular formula is C23H26BrN3O2. The van der Waals surface area contributed by atoms with Crippen LogP contribution in [0.4, 0.5) is 5.82 Å². The molecule has 0 radical (unpaired) electrons. The lowest BCUT2D eigenvalue weighted by atomic mass is 10.0. The molecule has 0 bridgehead atoms. The standard InChI is InChI=1S/C23H25N3O2.BrH/c24-23-20(14-7-11-18-9-3-1-4-10-18)17-21(19-12-5-2-6-13-19)25-26(23)16-8-15-22(27)28;/h1-6,9-10,12-13,17,24H,7-8,11,14-16H2,(H,27,28);1H. The summed E-state index contributed by atoms with van der Waals surface area (Å²) in [5, 5.41) is 13.6. The quantitative estimate of drug-likeness (QED) is 0.464. The number of carbonyl (C=O) groups is 1. The van der Waals surface area contributed by atoms with E-state index < -0.39 is 5.97 Å². The van der Waals surface area contributed by atoms with Crippen molar-refractivity contribution in [2.24, 2.45) is 0 Å². The average molecular weight is 456 g/mol. The number of aliphatic carboxylic acids is 1.